The summed E-state index contributed by atoms with van der Waals surface area (Å²) in [5.41, 5.74) is 1.88. The van der Waals surface area contributed by atoms with Crippen molar-refractivity contribution in [2.24, 2.45) is 0 Å². The second kappa shape index (κ2) is 6.61. The molecule has 1 amide bonds. The lowest BCUT2D eigenvalue weighted by Crippen LogP contribution is -2.13. The number of para-hydroxylation sites is 1. The molecule has 2 heterocycles. The molecule has 26 heavy (non-hydrogen) atoms. The highest BCUT2D eigenvalue weighted by molar-refractivity contribution is 7.14. The maximum atomic E-state index is 13.4. The number of nitrogens with zero attached hydrogens (tertiary/aromatic N) is 2. The van der Waals surface area contributed by atoms with E-state index in [1.165, 1.54) is 17.4 Å². The molecule has 0 atom stereocenters. The molecule has 1 N–H and O–H groups in total. The summed E-state index contributed by atoms with van der Waals surface area (Å²) in [4.78, 5) is 21.0. The smallest absolute Gasteiger partial charge is 0.276 e. The van der Waals surface area contributed by atoms with Crippen molar-refractivity contribution in [3.8, 4) is 11.3 Å². The molecule has 0 aliphatic rings. The maximum absolute atomic E-state index is 13.4. The summed E-state index contributed by atoms with van der Waals surface area (Å²) in [6.07, 6.45) is 0. The van der Waals surface area contributed by atoms with Crippen LogP contribution < -0.4 is 5.32 Å². The van der Waals surface area contributed by atoms with E-state index in [1.54, 1.807) is 11.4 Å². The van der Waals surface area contributed by atoms with Crippen LogP contribution in [-0.4, -0.2) is 15.9 Å². The molecular weight excluding hydrogens is 356 g/mol. The third-order valence-electron chi connectivity index (χ3n) is 3.77. The van der Waals surface area contributed by atoms with Gasteiger partial charge in [-0.1, -0.05) is 24.3 Å². The Bertz CT molecular complexity index is 1130. The van der Waals surface area contributed by atoms with Gasteiger partial charge in [0.05, 0.1) is 11.2 Å². The quantitative estimate of drug-likeness (QED) is 0.561. The molecule has 0 unspecified atom stereocenters. The van der Waals surface area contributed by atoms with Gasteiger partial charge in [-0.15, -0.1) is 11.3 Å². The first kappa shape index (κ1) is 16.3. The fourth-order valence-corrected chi connectivity index (χ4v) is 3.19. The summed E-state index contributed by atoms with van der Waals surface area (Å²) in [6.45, 7) is 0. The summed E-state index contributed by atoms with van der Waals surface area (Å²) >= 11 is 1.19. The highest BCUT2D eigenvalue weighted by Gasteiger charge is 2.13. The number of benzene rings is 2. The van der Waals surface area contributed by atoms with Gasteiger partial charge < -0.3 is 0 Å². The van der Waals surface area contributed by atoms with Crippen molar-refractivity contribution in [1.29, 1.82) is 0 Å². The van der Waals surface area contributed by atoms with Gasteiger partial charge in [0.1, 0.15) is 5.69 Å². The Morgan fingerprint density at radius 3 is 2.65 bits per heavy atom. The van der Waals surface area contributed by atoms with Crippen molar-refractivity contribution >= 4 is 33.3 Å². The SMILES string of the molecule is O=C(Nc1nc(-c2ccc(F)c(F)c2)cs1)c1ccc2ccccc2n1. The van der Waals surface area contributed by atoms with Crippen LogP contribution in [0.15, 0.2) is 60.0 Å². The fourth-order valence-electron chi connectivity index (χ4n) is 2.47. The van der Waals surface area contributed by atoms with Crippen molar-refractivity contribution < 1.29 is 13.6 Å². The van der Waals surface area contributed by atoms with Crippen molar-refractivity contribution in [3.05, 3.63) is 77.3 Å². The predicted octanol–water partition coefficient (Wildman–Crippen LogP) is 4.89. The molecule has 4 nitrogen and oxygen atoms in total. The van der Waals surface area contributed by atoms with Gasteiger partial charge in [-0.3, -0.25) is 10.1 Å². The molecule has 0 bridgehead atoms. The van der Waals surface area contributed by atoms with Gasteiger partial charge in [0.25, 0.3) is 5.91 Å². The molecular formula is C19H11F2N3OS. The molecule has 0 saturated carbocycles. The Labute approximate surface area is 151 Å². The van der Waals surface area contributed by atoms with Crippen molar-refractivity contribution in [2.75, 3.05) is 5.32 Å². The number of hydrogen-bond donors (Lipinski definition) is 1. The Morgan fingerprint density at radius 1 is 0.962 bits per heavy atom. The number of nitrogens with one attached hydrogen (secondary N) is 1. The third kappa shape index (κ3) is 3.16. The van der Waals surface area contributed by atoms with Crippen LogP contribution in [0.1, 0.15) is 10.5 Å². The van der Waals surface area contributed by atoms with Crippen LogP contribution in [0.3, 0.4) is 0 Å². The van der Waals surface area contributed by atoms with Crippen molar-refractivity contribution in [2.45, 2.75) is 0 Å². The molecule has 7 heteroatoms. The average molecular weight is 367 g/mol. The Morgan fingerprint density at radius 2 is 1.81 bits per heavy atom. The highest BCUT2D eigenvalue weighted by atomic mass is 32.1. The first-order chi connectivity index (χ1) is 12.6. The first-order valence-electron chi connectivity index (χ1n) is 7.68. The average Bonchev–Trinajstić information content (AvgIpc) is 3.12. The maximum Gasteiger partial charge on any atom is 0.276 e. The minimum Gasteiger partial charge on any atom is -0.296 e. The lowest BCUT2D eigenvalue weighted by molar-refractivity contribution is 0.102. The molecule has 0 fully saturated rings. The zero-order valence-electron chi connectivity index (χ0n) is 13.2. The Hall–Kier alpha value is -3.19. The van der Waals surface area contributed by atoms with Gasteiger partial charge in [0.15, 0.2) is 16.8 Å². The largest absolute Gasteiger partial charge is 0.296 e. The number of halogens is 2. The van der Waals surface area contributed by atoms with Gasteiger partial charge in [0.2, 0.25) is 0 Å². The molecule has 2 aromatic heterocycles. The summed E-state index contributed by atoms with van der Waals surface area (Å²) in [5, 5.41) is 5.64. The number of anilines is 1. The molecule has 0 aliphatic carbocycles. The summed E-state index contributed by atoms with van der Waals surface area (Å²) in [5.74, 6) is -2.25. The second-order valence-corrected chi connectivity index (χ2v) is 6.37. The van der Waals surface area contributed by atoms with Gasteiger partial charge in [-0.2, -0.15) is 0 Å². The lowest BCUT2D eigenvalue weighted by atomic mass is 10.2. The van der Waals surface area contributed by atoms with E-state index in [2.05, 4.69) is 15.3 Å². The van der Waals surface area contributed by atoms with E-state index in [-0.39, 0.29) is 11.6 Å². The van der Waals surface area contributed by atoms with Crippen LogP contribution in [0.4, 0.5) is 13.9 Å². The topological polar surface area (TPSA) is 54.9 Å². The van der Waals surface area contributed by atoms with Gasteiger partial charge in [0, 0.05) is 16.3 Å². The second-order valence-electron chi connectivity index (χ2n) is 5.51. The Kier molecular flexibility index (Phi) is 4.14. The van der Waals surface area contributed by atoms with E-state index < -0.39 is 11.6 Å². The number of thiazole rings is 1. The number of fused-ring (bicyclic) bond motifs is 1. The lowest BCUT2D eigenvalue weighted by Gasteiger charge is -2.03. The van der Waals surface area contributed by atoms with Crippen LogP contribution in [-0.2, 0) is 0 Å². The summed E-state index contributed by atoms with van der Waals surface area (Å²) < 4.78 is 26.4. The molecule has 4 aromatic rings. The zero-order valence-corrected chi connectivity index (χ0v) is 14.1. The number of hydrogen-bond acceptors (Lipinski definition) is 4. The number of aromatic nitrogens is 2. The third-order valence-corrected chi connectivity index (χ3v) is 4.53. The number of amides is 1. The Balaban J connectivity index is 1.56. The standard InChI is InChI=1S/C19H11F2N3OS/c20-13-7-5-12(9-14(13)21)17-10-26-19(23-17)24-18(25)16-8-6-11-3-1-2-4-15(11)22-16/h1-10H,(H,23,24,25). The number of pyridine rings is 1. The molecule has 0 spiro atoms. The molecule has 4 rings (SSSR count). The van der Waals surface area contributed by atoms with Crippen LogP contribution in [0.5, 0.6) is 0 Å². The van der Waals surface area contributed by atoms with E-state index in [4.69, 9.17) is 0 Å². The molecule has 0 saturated heterocycles. The van der Waals surface area contributed by atoms with Crippen LogP contribution >= 0.6 is 11.3 Å². The number of carbonyl (C=O) groups is 1. The van der Waals surface area contributed by atoms with Crippen molar-refractivity contribution in [3.63, 3.8) is 0 Å². The number of rotatable bonds is 3. The normalized spacial score (nSPS) is 10.8. The fraction of sp³-hybridized carbons (Fsp3) is 0. The van der Waals surface area contributed by atoms with E-state index in [0.29, 0.717) is 16.4 Å². The zero-order chi connectivity index (χ0) is 18.1. The van der Waals surface area contributed by atoms with E-state index in [9.17, 15) is 13.6 Å². The number of carbonyl (C=O) groups excluding carboxylic acids is 1. The highest BCUT2D eigenvalue weighted by Crippen LogP contribution is 2.26. The summed E-state index contributed by atoms with van der Waals surface area (Å²) in [6, 6.07) is 14.5. The molecule has 0 aliphatic heterocycles. The van der Waals surface area contributed by atoms with E-state index in [0.717, 1.165) is 23.0 Å². The predicted molar refractivity (Wildman–Crippen MR) is 97.2 cm³/mol. The molecule has 0 radical (unpaired) electrons. The van der Waals surface area contributed by atoms with Crippen LogP contribution in [0, 0.1) is 11.6 Å². The van der Waals surface area contributed by atoms with Crippen LogP contribution in [0.2, 0.25) is 0 Å². The molecule has 128 valence electrons. The van der Waals surface area contributed by atoms with E-state index in [1.807, 2.05) is 30.3 Å². The van der Waals surface area contributed by atoms with Crippen LogP contribution in [0.25, 0.3) is 22.2 Å². The first-order valence-corrected chi connectivity index (χ1v) is 8.56. The van der Waals surface area contributed by atoms with Crippen molar-refractivity contribution in [1.82, 2.24) is 9.97 Å². The minimum absolute atomic E-state index is 0.272. The minimum atomic E-state index is -0.943. The monoisotopic (exact) mass is 367 g/mol. The van der Waals surface area contributed by atoms with E-state index >= 15 is 0 Å². The summed E-state index contributed by atoms with van der Waals surface area (Å²) in [7, 11) is 0. The molecule has 2 aromatic carbocycles. The van der Waals surface area contributed by atoms with Gasteiger partial charge >= 0.3 is 0 Å². The van der Waals surface area contributed by atoms with Gasteiger partial charge in [-0.05, 0) is 30.3 Å². The van der Waals surface area contributed by atoms with Gasteiger partial charge in [-0.25, -0.2) is 18.7 Å².